The number of benzene rings is 2. The van der Waals surface area contributed by atoms with Crippen LogP contribution in [-0.4, -0.2) is 36.3 Å². The molecule has 0 aliphatic carbocycles. The highest BCUT2D eigenvalue weighted by atomic mass is 79.9. The highest BCUT2D eigenvalue weighted by molar-refractivity contribution is 9.10. The quantitative estimate of drug-likeness (QED) is 0.443. The van der Waals surface area contributed by atoms with Crippen LogP contribution in [0.4, 0.5) is 5.69 Å². The van der Waals surface area contributed by atoms with Crippen molar-refractivity contribution in [3.63, 3.8) is 0 Å². The Kier molecular flexibility index (Phi) is 8.03. The predicted octanol–water partition coefficient (Wildman–Crippen LogP) is 5.11. The number of halogens is 1. The second-order valence-corrected chi connectivity index (χ2v) is 7.80. The van der Waals surface area contributed by atoms with E-state index in [1.165, 1.54) is 0 Å². The van der Waals surface area contributed by atoms with Gasteiger partial charge in [-0.15, -0.1) is 0 Å². The molecular weight excluding hydrogens is 458 g/mol. The first-order valence-corrected chi connectivity index (χ1v) is 11.0. The maximum Gasteiger partial charge on any atom is 0.256 e. The number of para-hydroxylation sites is 1. The maximum absolute atomic E-state index is 13.0. The van der Waals surface area contributed by atoms with Crippen LogP contribution in [-0.2, 0) is 0 Å². The Balaban J connectivity index is 1.75. The van der Waals surface area contributed by atoms with Crippen LogP contribution < -0.4 is 10.6 Å². The number of nitrogens with one attached hydrogen (secondary N) is 2. The van der Waals surface area contributed by atoms with Gasteiger partial charge in [0, 0.05) is 11.0 Å². The summed E-state index contributed by atoms with van der Waals surface area (Å²) in [4.78, 5) is 27.9. The summed E-state index contributed by atoms with van der Waals surface area (Å²) >= 11 is 3.39. The van der Waals surface area contributed by atoms with Gasteiger partial charge in [-0.1, -0.05) is 38.1 Å². The lowest BCUT2D eigenvalue weighted by Gasteiger charge is -2.28. The van der Waals surface area contributed by atoms with Gasteiger partial charge < -0.3 is 15.1 Å². The lowest BCUT2D eigenvalue weighted by molar-refractivity contribution is 0.0930. The first kappa shape index (κ1) is 22.8. The van der Waals surface area contributed by atoms with E-state index in [-0.39, 0.29) is 17.9 Å². The molecule has 1 aromatic heterocycles. The van der Waals surface area contributed by atoms with Crippen LogP contribution in [0.15, 0.2) is 75.8 Å². The third kappa shape index (κ3) is 5.62. The van der Waals surface area contributed by atoms with Gasteiger partial charge in [-0.2, -0.15) is 0 Å². The van der Waals surface area contributed by atoms with Crippen molar-refractivity contribution in [2.24, 2.45) is 0 Å². The molecule has 0 spiro atoms. The summed E-state index contributed by atoms with van der Waals surface area (Å²) in [5.74, 6) is 0.260. The number of rotatable bonds is 9. The summed E-state index contributed by atoms with van der Waals surface area (Å²) < 4.78 is 6.29. The van der Waals surface area contributed by atoms with Gasteiger partial charge in [-0.05, 0) is 65.4 Å². The Hall–Kier alpha value is -2.90. The number of carbonyl (C=O) groups excluding carboxylic acids is 2. The lowest BCUT2D eigenvalue weighted by Crippen LogP contribution is -2.38. The summed E-state index contributed by atoms with van der Waals surface area (Å²) in [6, 6.07) is 17.8. The molecule has 0 aliphatic heterocycles. The summed E-state index contributed by atoms with van der Waals surface area (Å²) in [6.45, 7) is 6.20. The number of likely N-dealkylation sites (N-methyl/N-ethyl adjacent to an activating group) is 1. The van der Waals surface area contributed by atoms with E-state index in [9.17, 15) is 9.59 Å². The van der Waals surface area contributed by atoms with E-state index in [1.54, 1.807) is 48.7 Å². The van der Waals surface area contributed by atoms with Crippen LogP contribution in [0, 0.1) is 0 Å². The van der Waals surface area contributed by atoms with Crippen molar-refractivity contribution < 1.29 is 14.0 Å². The summed E-state index contributed by atoms with van der Waals surface area (Å²) in [5.41, 5.74) is 1.36. The second-order valence-electron chi connectivity index (χ2n) is 6.94. The normalized spacial score (nSPS) is 11.9. The van der Waals surface area contributed by atoms with Crippen molar-refractivity contribution in [1.29, 1.82) is 0 Å². The average Bonchev–Trinajstić information content (AvgIpc) is 3.31. The number of hydrogen-bond donors (Lipinski definition) is 2. The zero-order valence-electron chi connectivity index (χ0n) is 17.6. The molecule has 1 heterocycles. The molecule has 1 atom stereocenters. The number of anilines is 1. The van der Waals surface area contributed by atoms with E-state index in [0.717, 1.165) is 18.8 Å². The van der Waals surface area contributed by atoms with Gasteiger partial charge in [0.05, 0.1) is 29.1 Å². The molecular formula is C24H26BrN3O3. The highest BCUT2D eigenvalue weighted by Crippen LogP contribution is 2.22. The molecule has 6 nitrogen and oxygen atoms in total. The summed E-state index contributed by atoms with van der Waals surface area (Å²) in [5, 5.41) is 5.85. The van der Waals surface area contributed by atoms with E-state index in [0.29, 0.717) is 27.8 Å². The number of amides is 2. The van der Waals surface area contributed by atoms with Crippen LogP contribution in [0.5, 0.6) is 0 Å². The van der Waals surface area contributed by atoms with E-state index in [2.05, 4.69) is 45.3 Å². The third-order valence-electron chi connectivity index (χ3n) is 5.12. The van der Waals surface area contributed by atoms with E-state index < -0.39 is 0 Å². The minimum absolute atomic E-state index is 0.0732. The zero-order valence-corrected chi connectivity index (χ0v) is 19.2. The van der Waals surface area contributed by atoms with Crippen LogP contribution in [0.1, 0.15) is 46.4 Å². The molecule has 0 saturated carbocycles. The fourth-order valence-corrected chi connectivity index (χ4v) is 3.93. The van der Waals surface area contributed by atoms with Crippen molar-refractivity contribution in [3.05, 3.63) is 88.3 Å². The molecule has 3 rings (SSSR count). The molecule has 0 aliphatic rings. The predicted molar refractivity (Wildman–Crippen MR) is 125 cm³/mol. The maximum atomic E-state index is 13.0. The van der Waals surface area contributed by atoms with Crippen LogP contribution in [0.25, 0.3) is 0 Å². The average molecular weight is 484 g/mol. The molecule has 2 amide bonds. The van der Waals surface area contributed by atoms with Crippen molar-refractivity contribution in [3.8, 4) is 0 Å². The van der Waals surface area contributed by atoms with E-state index in [4.69, 9.17) is 4.42 Å². The van der Waals surface area contributed by atoms with Gasteiger partial charge >= 0.3 is 0 Å². The minimum Gasteiger partial charge on any atom is -0.468 e. The first-order valence-electron chi connectivity index (χ1n) is 10.3. The number of hydrogen-bond acceptors (Lipinski definition) is 4. The van der Waals surface area contributed by atoms with E-state index in [1.807, 2.05) is 18.2 Å². The molecule has 7 heteroatoms. The fraction of sp³-hybridized carbons (Fsp3) is 0.250. The second kappa shape index (κ2) is 10.9. The molecule has 0 fully saturated rings. The molecule has 0 saturated heterocycles. The fourth-order valence-electron chi connectivity index (χ4n) is 3.46. The first-order chi connectivity index (χ1) is 15.0. The standard InChI is InChI=1S/C24H26BrN3O3/c1-3-28(4-2)21(22-14-9-15-31-22)16-26-23(29)18-11-6-8-13-20(18)27-24(30)17-10-5-7-12-19(17)25/h5-15,21H,3-4,16H2,1-2H3,(H,26,29)(H,27,30). The smallest absolute Gasteiger partial charge is 0.256 e. The van der Waals surface area contributed by atoms with Crippen LogP contribution >= 0.6 is 15.9 Å². The topological polar surface area (TPSA) is 74.6 Å². The molecule has 0 bridgehead atoms. The van der Waals surface area contributed by atoms with Gasteiger partial charge in [0.15, 0.2) is 0 Å². The molecule has 162 valence electrons. The van der Waals surface area contributed by atoms with Crippen molar-refractivity contribution in [1.82, 2.24) is 10.2 Å². The molecule has 2 aromatic carbocycles. The summed E-state index contributed by atoms with van der Waals surface area (Å²) in [6.07, 6.45) is 1.64. The monoisotopic (exact) mass is 483 g/mol. The molecule has 1 unspecified atom stereocenters. The number of carbonyl (C=O) groups is 2. The SMILES string of the molecule is CCN(CC)C(CNC(=O)c1ccccc1NC(=O)c1ccccc1Br)c1ccco1. The Morgan fingerprint density at radius 1 is 0.935 bits per heavy atom. The highest BCUT2D eigenvalue weighted by Gasteiger charge is 2.22. The van der Waals surface area contributed by atoms with Crippen molar-refractivity contribution in [2.75, 3.05) is 25.0 Å². The number of nitrogens with zero attached hydrogens (tertiary/aromatic N) is 1. The lowest BCUT2D eigenvalue weighted by atomic mass is 10.1. The Labute approximate surface area is 190 Å². The Morgan fingerprint density at radius 2 is 1.61 bits per heavy atom. The van der Waals surface area contributed by atoms with Crippen LogP contribution in [0.2, 0.25) is 0 Å². The zero-order chi connectivity index (χ0) is 22.2. The van der Waals surface area contributed by atoms with E-state index >= 15 is 0 Å². The van der Waals surface area contributed by atoms with Crippen molar-refractivity contribution >= 4 is 33.4 Å². The largest absolute Gasteiger partial charge is 0.468 e. The van der Waals surface area contributed by atoms with Crippen molar-refractivity contribution in [2.45, 2.75) is 19.9 Å². The minimum atomic E-state index is -0.288. The Bertz CT molecular complexity index is 1020. The molecule has 3 aromatic rings. The van der Waals surface area contributed by atoms with Gasteiger partial charge in [0.25, 0.3) is 11.8 Å². The van der Waals surface area contributed by atoms with Gasteiger partial charge in [0.2, 0.25) is 0 Å². The number of furan rings is 1. The Morgan fingerprint density at radius 3 is 2.26 bits per heavy atom. The summed E-state index contributed by atoms with van der Waals surface area (Å²) in [7, 11) is 0. The van der Waals surface area contributed by atoms with Crippen LogP contribution in [0.3, 0.4) is 0 Å². The van der Waals surface area contributed by atoms with Gasteiger partial charge in [-0.25, -0.2) is 0 Å². The van der Waals surface area contributed by atoms with Gasteiger partial charge in [-0.3, -0.25) is 14.5 Å². The molecule has 31 heavy (non-hydrogen) atoms. The molecule has 2 N–H and O–H groups in total. The van der Waals surface area contributed by atoms with Gasteiger partial charge in [0.1, 0.15) is 5.76 Å². The third-order valence-corrected chi connectivity index (χ3v) is 5.81. The molecule has 0 radical (unpaired) electrons.